The fraction of sp³-hybridized carbons (Fsp3) is 0.652. The number of hydrogen-bond acceptors (Lipinski definition) is 5. The van der Waals surface area contributed by atoms with Crippen LogP contribution in [0.1, 0.15) is 48.9 Å². The number of carbonyl (C=O) groups excluding carboxylic acids is 2. The summed E-state index contributed by atoms with van der Waals surface area (Å²) in [6.07, 6.45) is 6.02. The van der Waals surface area contributed by atoms with Crippen LogP contribution in [0.25, 0.3) is 0 Å². The number of ether oxygens (including phenoxy) is 2. The van der Waals surface area contributed by atoms with E-state index in [4.69, 9.17) is 9.47 Å². The van der Waals surface area contributed by atoms with Gasteiger partial charge >= 0.3 is 0 Å². The summed E-state index contributed by atoms with van der Waals surface area (Å²) in [6, 6.07) is 5.27. The first-order valence-electron chi connectivity index (χ1n) is 11.0. The van der Waals surface area contributed by atoms with E-state index in [1.165, 1.54) is 12.8 Å². The fourth-order valence-electron chi connectivity index (χ4n) is 4.21. The Morgan fingerprint density at radius 2 is 1.80 bits per heavy atom. The van der Waals surface area contributed by atoms with E-state index in [1.807, 2.05) is 23.9 Å². The molecule has 2 fully saturated rings. The van der Waals surface area contributed by atoms with Crippen molar-refractivity contribution < 1.29 is 19.1 Å². The Kier molecular flexibility index (Phi) is 7.96. The molecule has 166 valence electrons. The molecule has 0 atom stereocenters. The van der Waals surface area contributed by atoms with Crippen LogP contribution in [-0.4, -0.2) is 75.1 Å². The zero-order valence-electron chi connectivity index (χ0n) is 18.5. The lowest BCUT2D eigenvalue weighted by atomic mass is 10.0. The van der Waals surface area contributed by atoms with E-state index in [0.717, 1.165) is 45.3 Å². The number of likely N-dealkylation sites (tertiary alicyclic amines) is 1. The molecule has 1 saturated carbocycles. The number of hydrogen-bond donors (Lipinski definition) is 1. The molecule has 1 heterocycles. The predicted molar refractivity (Wildman–Crippen MR) is 116 cm³/mol. The first-order chi connectivity index (χ1) is 14.5. The minimum absolute atomic E-state index is 0.0126. The monoisotopic (exact) mass is 417 g/mol. The van der Waals surface area contributed by atoms with Gasteiger partial charge in [0.2, 0.25) is 5.91 Å². The van der Waals surface area contributed by atoms with Gasteiger partial charge in [0, 0.05) is 50.5 Å². The van der Waals surface area contributed by atoms with Crippen molar-refractivity contribution in [1.29, 1.82) is 0 Å². The number of nitrogens with zero attached hydrogens (tertiary/aromatic N) is 2. The van der Waals surface area contributed by atoms with Gasteiger partial charge in [0.15, 0.2) is 11.5 Å². The molecular formula is C23H35N3O4. The molecule has 0 radical (unpaired) electrons. The van der Waals surface area contributed by atoms with Gasteiger partial charge in [-0.3, -0.25) is 9.59 Å². The predicted octanol–water partition coefficient (Wildman–Crippen LogP) is 2.55. The highest BCUT2D eigenvalue weighted by molar-refractivity contribution is 5.94. The molecule has 0 aromatic heterocycles. The first kappa shape index (κ1) is 22.4. The second-order valence-corrected chi connectivity index (χ2v) is 8.55. The molecule has 1 N–H and O–H groups in total. The maximum Gasteiger partial charge on any atom is 0.251 e. The minimum atomic E-state index is -0.124. The van der Waals surface area contributed by atoms with E-state index in [9.17, 15) is 9.59 Å². The number of nitrogens with one attached hydrogen (secondary N) is 1. The van der Waals surface area contributed by atoms with Crippen molar-refractivity contribution in [2.45, 2.75) is 44.6 Å². The summed E-state index contributed by atoms with van der Waals surface area (Å²) >= 11 is 0. The first-order valence-corrected chi connectivity index (χ1v) is 11.0. The zero-order chi connectivity index (χ0) is 21.5. The molecule has 1 saturated heterocycles. The van der Waals surface area contributed by atoms with Gasteiger partial charge in [-0.25, -0.2) is 0 Å². The third-order valence-electron chi connectivity index (χ3n) is 6.02. The molecule has 2 aliphatic rings. The van der Waals surface area contributed by atoms with Crippen LogP contribution in [0.3, 0.4) is 0 Å². The Hall–Kier alpha value is -2.28. The van der Waals surface area contributed by atoms with Crippen LogP contribution in [-0.2, 0) is 4.79 Å². The molecule has 1 aromatic carbocycles. The number of likely N-dealkylation sites (N-methyl/N-ethyl adjacent to an activating group) is 1. The van der Waals surface area contributed by atoms with E-state index in [-0.39, 0.29) is 17.9 Å². The molecule has 2 amide bonds. The highest BCUT2D eigenvalue weighted by atomic mass is 16.5. The largest absolute Gasteiger partial charge is 0.493 e. The van der Waals surface area contributed by atoms with Gasteiger partial charge in [0.25, 0.3) is 5.91 Å². The van der Waals surface area contributed by atoms with Gasteiger partial charge in [-0.1, -0.05) is 12.8 Å². The number of carbonyl (C=O) groups is 2. The number of rotatable bonds is 8. The van der Waals surface area contributed by atoms with Crippen LogP contribution in [0.4, 0.5) is 0 Å². The van der Waals surface area contributed by atoms with Crippen LogP contribution in [0.15, 0.2) is 18.2 Å². The Morgan fingerprint density at radius 1 is 1.10 bits per heavy atom. The average molecular weight is 418 g/mol. The Labute approximate surface area is 179 Å². The lowest BCUT2D eigenvalue weighted by Crippen LogP contribution is -2.44. The lowest BCUT2D eigenvalue weighted by Gasteiger charge is -2.34. The maximum absolute atomic E-state index is 12.6. The van der Waals surface area contributed by atoms with Gasteiger partial charge in [-0.2, -0.15) is 0 Å². The molecule has 0 bridgehead atoms. The van der Waals surface area contributed by atoms with Crippen molar-refractivity contribution in [2.75, 3.05) is 47.4 Å². The number of benzene rings is 1. The summed E-state index contributed by atoms with van der Waals surface area (Å²) in [5.41, 5.74) is 0.554. The smallest absolute Gasteiger partial charge is 0.251 e. The van der Waals surface area contributed by atoms with Gasteiger partial charge in [-0.05, 0) is 45.1 Å². The van der Waals surface area contributed by atoms with E-state index < -0.39 is 0 Å². The summed E-state index contributed by atoms with van der Waals surface area (Å²) < 4.78 is 11.6. The van der Waals surface area contributed by atoms with Gasteiger partial charge in [0.1, 0.15) is 6.10 Å². The van der Waals surface area contributed by atoms with Gasteiger partial charge in [0.05, 0.1) is 7.11 Å². The number of amides is 2. The summed E-state index contributed by atoms with van der Waals surface area (Å²) in [6.45, 7) is 2.82. The van der Waals surface area contributed by atoms with Crippen LogP contribution in [0.2, 0.25) is 0 Å². The normalized spacial score (nSPS) is 17.9. The topological polar surface area (TPSA) is 71.1 Å². The molecule has 0 spiro atoms. The molecule has 1 aliphatic carbocycles. The zero-order valence-corrected chi connectivity index (χ0v) is 18.5. The van der Waals surface area contributed by atoms with Crippen molar-refractivity contribution in [1.82, 2.24) is 15.1 Å². The van der Waals surface area contributed by atoms with E-state index in [1.54, 1.807) is 25.3 Å². The lowest BCUT2D eigenvalue weighted by molar-refractivity contribution is -0.137. The maximum atomic E-state index is 12.6. The number of methoxy groups -OCH3 is 1. The summed E-state index contributed by atoms with van der Waals surface area (Å²) in [5.74, 6) is 1.62. The Morgan fingerprint density at radius 3 is 2.43 bits per heavy atom. The second-order valence-electron chi connectivity index (χ2n) is 8.55. The molecule has 7 heteroatoms. The van der Waals surface area contributed by atoms with Gasteiger partial charge < -0.3 is 24.6 Å². The quantitative estimate of drug-likeness (QED) is 0.704. The van der Waals surface area contributed by atoms with Crippen molar-refractivity contribution in [3.63, 3.8) is 0 Å². The molecule has 3 rings (SSSR count). The molecule has 1 aliphatic heterocycles. The standard InChI is InChI=1S/C23H35N3O4/c1-25(2)15-12-24-22(27)18-8-9-20(29-3)21(16-18)30-19-10-13-26(14-11-19)23(28)17-6-4-5-7-17/h8-9,16-17,19H,4-7,10-15H2,1-3H3,(H,24,27). The molecule has 1 aromatic rings. The SMILES string of the molecule is COc1ccc(C(=O)NCCN(C)C)cc1OC1CCN(C(=O)C2CCCC2)CC1. The highest BCUT2D eigenvalue weighted by Crippen LogP contribution is 2.32. The average Bonchev–Trinajstić information content (AvgIpc) is 3.28. The molecule has 30 heavy (non-hydrogen) atoms. The Bertz CT molecular complexity index is 723. The van der Waals surface area contributed by atoms with E-state index in [0.29, 0.717) is 29.5 Å². The van der Waals surface area contributed by atoms with Crippen molar-refractivity contribution in [3.8, 4) is 11.5 Å². The fourth-order valence-corrected chi connectivity index (χ4v) is 4.21. The van der Waals surface area contributed by atoms with Crippen molar-refractivity contribution >= 4 is 11.8 Å². The Balaban J connectivity index is 1.56. The van der Waals surface area contributed by atoms with Crippen LogP contribution in [0, 0.1) is 5.92 Å². The van der Waals surface area contributed by atoms with E-state index in [2.05, 4.69) is 5.32 Å². The third kappa shape index (κ3) is 5.88. The second kappa shape index (κ2) is 10.7. The minimum Gasteiger partial charge on any atom is -0.493 e. The highest BCUT2D eigenvalue weighted by Gasteiger charge is 2.30. The van der Waals surface area contributed by atoms with Gasteiger partial charge in [-0.15, -0.1) is 0 Å². The van der Waals surface area contributed by atoms with Crippen LogP contribution < -0.4 is 14.8 Å². The van der Waals surface area contributed by atoms with Crippen LogP contribution >= 0.6 is 0 Å². The summed E-state index contributed by atoms with van der Waals surface area (Å²) in [4.78, 5) is 29.1. The summed E-state index contributed by atoms with van der Waals surface area (Å²) in [7, 11) is 5.54. The number of piperidine rings is 1. The van der Waals surface area contributed by atoms with E-state index >= 15 is 0 Å². The molecule has 0 unspecified atom stereocenters. The van der Waals surface area contributed by atoms with Crippen molar-refractivity contribution in [2.24, 2.45) is 5.92 Å². The third-order valence-corrected chi connectivity index (χ3v) is 6.02. The molecular weight excluding hydrogens is 382 g/mol. The summed E-state index contributed by atoms with van der Waals surface area (Å²) in [5, 5.41) is 2.92. The molecule has 7 nitrogen and oxygen atoms in total. The van der Waals surface area contributed by atoms with Crippen molar-refractivity contribution in [3.05, 3.63) is 23.8 Å². The van der Waals surface area contributed by atoms with Crippen LogP contribution in [0.5, 0.6) is 11.5 Å².